The van der Waals surface area contributed by atoms with Crippen molar-refractivity contribution in [3.63, 3.8) is 0 Å². The van der Waals surface area contributed by atoms with E-state index in [1.54, 1.807) is 24.5 Å². The molecule has 1 aromatic rings. The molecule has 23 heavy (non-hydrogen) atoms. The zero-order valence-electron chi connectivity index (χ0n) is 13.4. The van der Waals surface area contributed by atoms with Crippen molar-refractivity contribution < 1.29 is 4.79 Å². The molecule has 0 aliphatic carbocycles. The fourth-order valence-corrected chi connectivity index (χ4v) is 2.65. The van der Waals surface area contributed by atoms with Gasteiger partial charge in [-0.15, -0.1) is 24.8 Å². The largest absolute Gasteiger partial charge is 0.353 e. The lowest BCUT2D eigenvalue weighted by Gasteiger charge is -2.22. The molecule has 0 bridgehead atoms. The first kappa shape index (κ1) is 21.9. The molecule has 1 aromatic heterocycles. The van der Waals surface area contributed by atoms with E-state index in [0.717, 1.165) is 24.4 Å². The summed E-state index contributed by atoms with van der Waals surface area (Å²) in [5.41, 5.74) is 0.943. The van der Waals surface area contributed by atoms with Crippen molar-refractivity contribution in [2.24, 2.45) is 5.92 Å². The zero-order chi connectivity index (χ0) is 14.8. The number of aromatic nitrogens is 1. The standard InChI is InChI=1S/C17H25N3O.2ClH/c21-17(7-6-16-5-3-10-19-14-16)20-11-2-1-4-15-8-12-18-13-9-15;;/h3,5-7,10,14-15,18H,1-2,4,8-9,11-13H2,(H,20,21);2*1H. The second kappa shape index (κ2) is 13.3. The van der Waals surface area contributed by atoms with Gasteiger partial charge in [0.2, 0.25) is 5.91 Å². The summed E-state index contributed by atoms with van der Waals surface area (Å²) in [6.45, 7) is 3.10. The van der Waals surface area contributed by atoms with Crippen molar-refractivity contribution in [1.82, 2.24) is 15.6 Å². The number of carbonyl (C=O) groups is 1. The molecule has 1 saturated heterocycles. The minimum absolute atomic E-state index is 0. The van der Waals surface area contributed by atoms with E-state index in [2.05, 4.69) is 15.6 Å². The van der Waals surface area contributed by atoms with E-state index in [1.807, 2.05) is 12.1 Å². The molecule has 2 heterocycles. The summed E-state index contributed by atoms with van der Waals surface area (Å²) in [4.78, 5) is 15.7. The van der Waals surface area contributed by atoms with Crippen LogP contribution in [0.1, 0.15) is 37.7 Å². The Labute approximate surface area is 151 Å². The highest BCUT2D eigenvalue weighted by atomic mass is 35.5. The summed E-state index contributed by atoms with van der Waals surface area (Å²) < 4.78 is 0. The lowest BCUT2D eigenvalue weighted by molar-refractivity contribution is -0.116. The van der Waals surface area contributed by atoms with Gasteiger partial charge >= 0.3 is 0 Å². The monoisotopic (exact) mass is 359 g/mol. The molecular weight excluding hydrogens is 333 g/mol. The number of nitrogens with zero attached hydrogens (tertiary/aromatic N) is 1. The maximum Gasteiger partial charge on any atom is 0.243 e. The lowest BCUT2D eigenvalue weighted by atomic mass is 9.92. The number of unbranched alkanes of at least 4 members (excludes halogenated alkanes) is 1. The van der Waals surface area contributed by atoms with E-state index in [-0.39, 0.29) is 30.7 Å². The summed E-state index contributed by atoms with van der Waals surface area (Å²) in [5.74, 6) is 0.855. The van der Waals surface area contributed by atoms with Crippen LogP contribution < -0.4 is 10.6 Å². The van der Waals surface area contributed by atoms with Gasteiger partial charge < -0.3 is 10.6 Å². The molecule has 0 spiro atoms. The summed E-state index contributed by atoms with van der Waals surface area (Å²) in [7, 11) is 0. The molecule has 1 aliphatic heterocycles. The average molecular weight is 360 g/mol. The molecule has 4 nitrogen and oxygen atoms in total. The maximum absolute atomic E-state index is 11.7. The minimum Gasteiger partial charge on any atom is -0.353 e. The van der Waals surface area contributed by atoms with E-state index in [1.165, 1.54) is 38.8 Å². The predicted octanol–water partition coefficient (Wildman–Crippen LogP) is 3.22. The normalized spacial score (nSPS) is 14.8. The van der Waals surface area contributed by atoms with Crippen LogP contribution >= 0.6 is 24.8 Å². The number of pyridine rings is 1. The Morgan fingerprint density at radius 2 is 2.09 bits per heavy atom. The van der Waals surface area contributed by atoms with Crippen LogP contribution in [-0.4, -0.2) is 30.5 Å². The van der Waals surface area contributed by atoms with Crippen molar-refractivity contribution in [2.75, 3.05) is 19.6 Å². The second-order valence-electron chi connectivity index (χ2n) is 5.60. The van der Waals surface area contributed by atoms with Gasteiger partial charge in [-0.3, -0.25) is 9.78 Å². The fraction of sp³-hybridized carbons (Fsp3) is 0.529. The SMILES string of the molecule is Cl.Cl.O=C(C=Cc1cccnc1)NCCCCC1CCNCC1. The van der Waals surface area contributed by atoms with Crippen molar-refractivity contribution in [2.45, 2.75) is 32.1 Å². The minimum atomic E-state index is -0.0271. The van der Waals surface area contributed by atoms with Gasteiger partial charge in [-0.25, -0.2) is 0 Å². The first-order valence-corrected chi connectivity index (χ1v) is 7.91. The van der Waals surface area contributed by atoms with Gasteiger partial charge in [0.1, 0.15) is 0 Å². The van der Waals surface area contributed by atoms with Gasteiger partial charge in [-0.1, -0.05) is 18.9 Å². The third-order valence-corrected chi connectivity index (χ3v) is 3.91. The highest BCUT2D eigenvalue weighted by Gasteiger charge is 2.11. The summed E-state index contributed by atoms with van der Waals surface area (Å²) in [6.07, 6.45) is 13.0. The zero-order valence-corrected chi connectivity index (χ0v) is 15.0. The molecule has 2 N–H and O–H groups in total. The second-order valence-corrected chi connectivity index (χ2v) is 5.60. The maximum atomic E-state index is 11.7. The van der Waals surface area contributed by atoms with Crippen LogP contribution in [0.5, 0.6) is 0 Å². The fourth-order valence-electron chi connectivity index (χ4n) is 2.65. The van der Waals surface area contributed by atoms with Crippen LogP contribution in [0, 0.1) is 5.92 Å². The quantitative estimate of drug-likeness (QED) is 0.580. The third kappa shape index (κ3) is 9.59. The first-order valence-electron chi connectivity index (χ1n) is 7.91. The molecule has 0 unspecified atom stereocenters. The Hall–Kier alpha value is -1.10. The van der Waals surface area contributed by atoms with Crippen molar-refractivity contribution in [3.05, 3.63) is 36.2 Å². The lowest BCUT2D eigenvalue weighted by Crippen LogP contribution is -2.28. The van der Waals surface area contributed by atoms with E-state index < -0.39 is 0 Å². The number of hydrogen-bond donors (Lipinski definition) is 2. The number of nitrogens with one attached hydrogen (secondary N) is 2. The number of amides is 1. The van der Waals surface area contributed by atoms with Gasteiger partial charge in [0.25, 0.3) is 0 Å². The molecule has 1 amide bonds. The Balaban J connectivity index is 0.00000242. The Bertz CT molecular complexity index is 448. The van der Waals surface area contributed by atoms with Crippen LogP contribution in [0.15, 0.2) is 30.6 Å². The Morgan fingerprint density at radius 1 is 1.30 bits per heavy atom. The summed E-state index contributed by atoms with van der Waals surface area (Å²) in [5, 5.41) is 6.32. The number of hydrogen-bond acceptors (Lipinski definition) is 3. The predicted molar refractivity (Wildman–Crippen MR) is 100 cm³/mol. The molecule has 0 aromatic carbocycles. The van der Waals surface area contributed by atoms with Gasteiger partial charge in [-0.05, 0) is 56.0 Å². The van der Waals surface area contributed by atoms with E-state index >= 15 is 0 Å². The average Bonchev–Trinajstić information content (AvgIpc) is 2.54. The molecule has 1 aliphatic rings. The van der Waals surface area contributed by atoms with Gasteiger partial charge in [-0.2, -0.15) is 0 Å². The van der Waals surface area contributed by atoms with E-state index in [9.17, 15) is 4.79 Å². The van der Waals surface area contributed by atoms with E-state index in [4.69, 9.17) is 0 Å². The van der Waals surface area contributed by atoms with Crippen molar-refractivity contribution >= 4 is 36.8 Å². The van der Waals surface area contributed by atoms with Crippen LogP contribution in [-0.2, 0) is 4.79 Å². The molecule has 1 fully saturated rings. The van der Waals surface area contributed by atoms with Gasteiger partial charge in [0.15, 0.2) is 0 Å². The van der Waals surface area contributed by atoms with Crippen LogP contribution in [0.3, 0.4) is 0 Å². The highest BCUT2D eigenvalue weighted by molar-refractivity contribution is 5.91. The van der Waals surface area contributed by atoms with Crippen LogP contribution in [0.2, 0.25) is 0 Å². The number of carbonyl (C=O) groups excluding carboxylic acids is 1. The van der Waals surface area contributed by atoms with Crippen molar-refractivity contribution in [1.29, 1.82) is 0 Å². The highest BCUT2D eigenvalue weighted by Crippen LogP contribution is 2.18. The molecular formula is C17H27Cl2N3O. The van der Waals surface area contributed by atoms with Gasteiger partial charge in [0.05, 0.1) is 0 Å². The van der Waals surface area contributed by atoms with Crippen LogP contribution in [0.25, 0.3) is 6.08 Å². The number of rotatable bonds is 7. The molecule has 2 rings (SSSR count). The van der Waals surface area contributed by atoms with Gasteiger partial charge in [0, 0.05) is 25.0 Å². The molecule has 0 atom stereocenters. The molecule has 130 valence electrons. The number of piperidine rings is 1. The summed E-state index contributed by atoms with van der Waals surface area (Å²) >= 11 is 0. The summed E-state index contributed by atoms with van der Waals surface area (Å²) in [6, 6.07) is 3.79. The topological polar surface area (TPSA) is 54.0 Å². The Kier molecular flexibility index (Phi) is 12.7. The van der Waals surface area contributed by atoms with E-state index in [0.29, 0.717) is 0 Å². The Morgan fingerprint density at radius 3 is 2.78 bits per heavy atom. The molecule has 0 saturated carbocycles. The molecule has 6 heteroatoms. The third-order valence-electron chi connectivity index (χ3n) is 3.91. The first-order chi connectivity index (χ1) is 10.3. The van der Waals surface area contributed by atoms with Crippen molar-refractivity contribution in [3.8, 4) is 0 Å². The number of halogens is 2. The smallest absolute Gasteiger partial charge is 0.243 e. The molecule has 0 radical (unpaired) electrons. The van der Waals surface area contributed by atoms with Crippen LogP contribution in [0.4, 0.5) is 0 Å².